The number of rotatable bonds is 7. The first-order chi connectivity index (χ1) is 14.6. The molecule has 0 aromatic carbocycles. The van der Waals surface area contributed by atoms with Crippen LogP contribution in [0.4, 0.5) is 5.82 Å². The molecule has 1 amide bonds. The molecule has 1 aliphatic rings. The number of anilines is 1. The molecule has 4 rings (SSSR count). The van der Waals surface area contributed by atoms with Crippen molar-refractivity contribution in [2.24, 2.45) is 0 Å². The van der Waals surface area contributed by atoms with Gasteiger partial charge in [0.15, 0.2) is 0 Å². The maximum Gasteiger partial charge on any atom is 0.261 e. The largest absolute Gasteiger partial charge is 0.364 e. The summed E-state index contributed by atoms with van der Waals surface area (Å²) in [6, 6.07) is 5.96. The van der Waals surface area contributed by atoms with Gasteiger partial charge in [-0.15, -0.1) is 11.3 Å². The van der Waals surface area contributed by atoms with Crippen LogP contribution in [0.15, 0.2) is 36.2 Å². The molecule has 7 heteroatoms. The van der Waals surface area contributed by atoms with Gasteiger partial charge in [-0.3, -0.25) is 9.78 Å². The van der Waals surface area contributed by atoms with Crippen LogP contribution >= 0.6 is 11.3 Å². The van der Waals surface area contributed by atoms with E-state index in [9.17, 15) is 4.79 Å². The van der Waals surface area contributed by atoms with E-state index in [0.717, 1.165) is 45.8 Å². The molecule has 0 bridgehead atoms. The van der Waals surface area contributed by atoms with Crippen molar-refractivity contribution in [3.8, 4) is 0 Å². The number of aromatic nitrogens is 3. The van der Waals surface area contributed by atoms with Gasteiger partial charge in [-0.25, -0.2) is 9.97 Å². The number of hydrogen-bond acceptors (Lipinski definition) is 6. The third-order valence-electron chi connectivity index (χ3n) is 5.43. The van der Waals surface area contributed by atoms with Gasteiger partial charge in [0, 0.05) is 12.2 Å². The van der Waals surface area contributed by atoms with E-state index in [2.05, 4.69) is 31.7 Å². The Bertz CT molecular complexity index is 1090. The number of nitrogens with zero attached hydrogens (tertiary/aromatic N) is 3. The number of carbonyl (C=O) groups is 1. The molecule has 3 aromatic heterocycles. The van der Waals surface area contributed by atoms with Gasteiger partial charge in [0.2, 0.25) is 0 Å². The van der Waals surface area contributed by atoms with E-state index in [1.165, 1.54) is 36.2 Å². The maximum atomic E-state index is 12.8. The summed E-state index contributed by atoms with van der Waals surface area (Å²) in [7, 11) is 0. The second-order valence-corrected chi connectivity index (χ2v) is 8.70. The summed E-state index contributed by atoms with van der Waals surface area (Å²) in [5.41, 5.74) is 4.32. The number of nitrogens with one attached hydrogen (secondary N) is 2. The Morgan fingerprint density at radius 2 is 2.10 bits per heavy atom. The zero-order chi connectivity index (χ0) is 20.9. The normalized spacial score (nSPS) is 13.9. The summed E-state index contributed by atoms with van der Waals surface area (Å²) in [5.74, 6) is 0.710. The Morgan fingerprint density at radius 3 is 2.90 bits per heavy atom. The number of hydrogen-bond donors (Lipinski definition) is 2. The first kappa shape index (κ1) is 20.5. The number of aryl methyl sites for hydroxylation is 2. The van der Waals surface area contributed by atoms with E-state index in [1.807, 2.05) is 32.0 Å². The highest BCUT2D eigenvalue weighted by molar-refractivity contribution is 7.20. The fourth-order valence-electron chi connectivity index (χ4n) is 3.84. The second-order valence-electron chi connectivity index (χ2n) is 7.70. The highest BCUT2D eigenvalue weighted by Crippen LogP contribution is 2.33. The molecule has 0 atom stereocenters. The van der Waals surface area contributed by atoms with Crippen molar-refractivity contribution in [3.63, 3.8) is 0 Å². The van der Waals surface area contributed by atoms with Crippen molar-refractivity contribution < 1.29 is 4.79 Å². The smallest absolute Gasteiger partial charge is 0.261 e. The third kappa shape index (κ3) is 4.67. The molecule has 30 heavy (non-hydrogen) atoms. The fourth-order valence-corrected chi connectivity index (χ4v) is 4.91. The van der Waals surface area contributed by atoms with Crippen LogP contribution in [-0.4, -0.2) is 27.4 Å². The molecule has 0 fully saturated rings. The number of carbonyl (C=O) groups excluding carboxylic acids is 1. The van der Waals surface area contributed by atoms with E-state index in [0.29, 0.717) is 18.0 Å². The van der Waals surface area contributed by atoms with Crippen molar-refractivity contribution in [1.29, 1.82) is 0 Å². The van der Waals surface area contributed by atoms with E-state index in [4.69, 9.17) is 0 Å². The Labute approximate surface area is 180 Å². The van der Waals surface area contributed by atoms with Crippen LogP contribution < -0.4 is 10.6 Å². The molecule has 1 aliphatic carbocycles. The molecule has 2 N–H and O–H groups in total. The molecule has 0 saturated carbocycles. The summed E-state index contributed by atoms with van der Waals surface area (Å²) in [4.78, 5) is 27.7. The fraction of sp³-hybridized carbons (Fsp3) is 0.391. The summed E-state index contributed by atoms with van der Waals surface area (Å²) in [5, 5.41) is 7.36. The van der Waals surface area contributed by atoms with Crippen LogP contribution in [0.5, 0.6) is 0 Å². The zero-order valence-corrected chi connectivity index (χ0v) is 18.3. The molecular weight excluding hydrogens is 394 g/mol. The summed E-state index contributed by atoms with van der Waals surface area (Å²) >= 11 is 1.42. The lowest BCUT2D eigenvalue weighted by Gasteiger charge is -2.12. The van der Waals surface area contributed by atoms with Gasteiger partial charge in [0.25, 0.3) is 5.91 Å². The van der Waals surface area contributed by atoms with E-state index in [1.54, 1.807) is 6.33 Å². The molecule has 3 aromatic rings. The second kappa shape index (κ2) is 9.34. The Kier molecular flexibility index (Phi) is 6.38. The Balaban J connectivity index is 1.47. The lowest BCUT2D eigenvalue weighted by molar-refractivity contribution is 0.0957. The molecule has 0 unspecified atom stereocenters. The number of fused-ring (bicyclic) bond motifs is 1. The van der Waals surface area contributed by atoms with Gasteiger partial charge in [0.1, 0.15) is 17.0 Å². The number of amides is 1. The highest BCUT2D eigenvalue weighted by Gasteiger charge is 2.19. The van der Waals surface area contributed by atoms with Gasteiger partial charge >= 0.3 is 0 Å². The van der Waals surface area contributed by atoms with E-state index >= 15 is 0 Å². The molecule has 156 valence electrons. The van der Waals surface area contributed by atoms with Gasteiger partial charge in [0.05, 0.1) is 22.5 Å². The highest BCUT2D eigenvalue weighted by atomic mass is 32.1. The van der Waals surface area contributed by atoms with Crippen molar-refractivity contribution in [1.82, 2.24) is 20.3 Å². The van der Waals surface area contributed by atoms with Crippen LogP contribution in [0.2, 0.25) is 0 Å². The SMILES string of the molecule is Cc1cccc(CNc2ncnc3sc(C(=O)NCCC4=CCCCC4)c(C)c23)n1. The van der Waals surface area contributed by atoms with Gasteiger partial charge in [-0.2, -0.15) is 0 Å². The lowest BCUT2D eigenvalue weighted by atomic mass is 9.97. The minimum absolute atomic E-state index is 0.0294. The monoisotopic (exact) mass is 421 g/mol. The number of pyridine rings is 1. The van der Waals surface area contributed by atoms with Crippen LogP contribution in [0.1, 0.15) is 58.7 Å². The van der Waals surface area contributed by atoms with E-state index < -0.39 is 0 Å². The molecule has 6 nitrogen and oxygen atoms in total. The number of allylic oxidation sites excluding steroid dienone is 1. The minimum Gasteiger partial charge on any atom is -0.364 e. The molecule has 0 saturated heterocycles. The Hall–Kier alpha value is -2.80. The lowest BCUT2D eigenvalue weighted by Crippen LogP contribution is -2.24. The van der Waals surface area contributed by atoms with Crippen LogP contribution in [0, 0.1) is 13.8 Å². The average molecular weight is 422 g/mol. The standard InChI is InChI=1S/C23H27N5OS/c1-15-7-6-10-18(28-15)13-25-21-19-16(2)20(30-23(19)27-14-26-21)22(29)24-12-11-17-8-4-3-5-9-17/h6-8,10,14H,3-5,9,11-13H2,1-2H3,(H,24,29)(H,25,26,27). The average Bonchev–Trinajstić information content (AvgIpc) is 3.10. The van der Waals surface area contributed by atoms with Crippen molar-refractivity contribution in [3.05, 3.63) is 58.0 Å². The first-order valence-electron chi connectivity index (χ1n) is 10.5. The predicted molar refractivity (Wildman–Crippen MR) is 122 cm³/mol. The molecule has 0 aliphatic heterocycles. The quantitative estimate of drug-likeness (QED) is 0.529. The van der Waals surface area contributed by atoms with Gasteiger partial charge < -0.3 is 10.6 Å². The van der Waals surface area contributed by atoms with Crippen LogP contribution in [0.25, 0.3) is 10.2 Å². The topological polar surface area (TPSA) is 79.8 Å². The number of thiophene rings is 1. The summed E-state index contributed by atoms with van der Waals surface area (Å²) in [6.45, 7) is 5.19. The van der Waals surface area contributed by atoms with Crippen molar-refractivity contribution >= 4 is 33.3 Å². The third-order valence-corrected chi connectivity index (χ3v) is 6.63. The predicted octanol–water partition coefficient (Wildman–Crippen LogP) is 4.94. The maximum absolute atomic E-state index is 12.8. The molecular formula is C23H27N5OS. The first-order valence-corrected chi connectivity index (χ1v) is 11.3. The van der Waals surface area contributed by atoms with Gasteiger partial charge in [-0.1, -0.05) is 17.7 Å². The molecule has 0 radical (unpaired) electrons. The molecule has 0 spiro atoms. The van der Waals surface area contributed by atoms with Crippen molar-refractivity contribution in [2.75, 3.05) is 11.9 Å². The zero-order valence-electron chi connectivity index (χ0n) is 17.5. The van der Waals surface area contributed by atoms with Crippen LogP contribution in [0.3, 0.4) is 0 Å². The minimum atomic E-state index is -0.0294. The van der Waals surface area contributed by atoms with E-state index in [-0.39, 0.29) is 5.91 Å². The molecule has 3 heterocycles. The summed E-state index contributed by atoms with van der Waals surface area (Å²) in [6.07, 6.45) is 9.70. The van der Waals surface area contributed by atoms with Crippen molar-refractivity contribution in [2.45, 2.75) is 52.5 Å². The Morgan fingerprint density at radius 1 is 1.20 bits per heavy atom. The van der Waals surface area contributed by atoms with Gasteiger partial charge in [-0.05, 0) is 63.6 Å². The van der Waals surface area contributed by atoms with Crippen LogP contribution in [-0.2, 0) is 6.54 Å². The summed E-state index contributed by atoms with van der Waals surface area (Å²) < 4.78 is 0.